The largest absolute Gasteiger partial charge is 0.399 e. The number of hydrogen-bond acceptors (Lipinski definition) is 4. The summed E-state index contributed by atoms with van der Waals surface area (Å²) in [5, 5.41) is 0. The second kappa shape index (κ2) is 4.67. The Labute approximate surface area is 97.3 Å². The van der Waals surface area contributed by atoms with Crippen LogP contribution < -0.4 is 11.5 Å². The van der Waals surface area contributed by atoms with Gasteiger partial charge in [0.1, 0.15) is 30.5 Å². The molecule has 0 saturated carbocycles. The maximum Gasteiger partial charge on any atom is 0.150 e. The van der Waals surface area contributed by atoms with Crippen LogP contribution in [-0.2, 0) is 4.74 Å². The third kappa shape index (κ3) is 2.52. The van der Waals surface area contributed by atoms with E-state index >= 15 is 0 Å². The number of ether oxygens (including phenoxy) is 1. The summed E-state index contributed by atoms with van der Waals surface area (Å²) in [4.78, 5) is 3.93. The Morgan fingerprint density at radius 3 is 2.88 bits per heavy atom. The van der Waals surface area contributed by atoms with E-state index in [4.69, 9.17) is 16.2 Å². The zero-order chi connectivity index (χ0) is 12.4. The molecule has 92 valence electrons. The number of hydrogen-bond donors (Lipinski definition) is 2. The van der Waals surface area contributed by atoms with Gasteiger partial charge in [-0.25, -0.2) is 8.78 Å². The Kier molecular flexibility index (Phi) is 3.23. The molecule has 1 aromatic rings. The number of nitrogens with two attached hydrogens (primary N) is 2. The van der Waals surface area contributed by atoms with Gasteiger partial charge < -0.3 is 16.2 Å². The number of nitrogens with zero attached hydrogens (tertiary/aromatic N) is 1. The Balaban J connectivity index is 2.42. The molecule has 0 fully saturated rings. The highest BCUT2D eigenvalue weighted by Crippen LogP contribution is 2.29. The van der Waals surface area contributed by atoms with Crippen LogP contribution in [0.1, 0.15) is 11.6 Å². The summed E-state index contributed by atoms with van der Waals surface area (Å²) < 4.78 is 32.4. The van der Waals surface area contributed by atoms with Gasteiger partial charge in [0.25, 0.3) is 0 Å². The van der Waals surface area contributed by atoms with Gasteiger partial charge in [-0.3, -0.25) is 4.99 Å². The quantitative estimate of drug-likeness (QED) is 0.725. The molecule has 1 aliphatic heterocycles. The molecule has 1 aliphatic rings. The van der Waals surface area contributed by atoms with Crippen LogP contribution in [0.4, 0.5) is 14.5 Å². The molecule has 0 bridgehead atoms. The number of anilines is 1. The van der Waals surface area contributed by atoms with Crippen LogP contribution in [0, 0.1) is 5.82 Å². The minimum Gasteiger partial charge on any atom is -0.399 e. The van der Waals surface area contributed by atoms with E-state index in [0.717, 1.165) is 0 Å². The van der Waals surface area contributed by atoms with Crippen LogP contribution in [-0.4, -0.2) is 25.2 Å². The summed E-state index contributed by atoms with van der Waals surface area (Å²) in [7, 11) is 0. The van der Waals surface area contributed by atoms with E-state index in [1.54, 1.807) is 0 Å². The van der Waals surface area contributed by atoms with Gasteiger partial charge >= 0.3 is 0 Å². The van der Waals surface area contributed by atoms with Crippen molar-refractivity contribution in [3.8, 4) is 0 Å². The number of benzene rings is 1. The Morgan fingerprint density at radius 1 is 1.35 bits per heavy atom. The number of aliphatic imine (C=N–C) groups is 1. The first kappa shape index (κ1) is 11.8. The van der Waals surface area contributed by atoms with Crippen molar-refractivity contribution in [2.75, 3.05) is 18.9 Å². The van der Waals surface area contributed by atoms with Crippen molar-refractivity contribution in [1.29, 1.82) is 0 Å². The highest BCUT2D eigenvalue weighted by molar-refractivity contribution is 5.82. The summed E-state index contributed by atoms with van der Waals surface area (Å²) in [5.74, 6) is -0.401. The first-order chi connectivity index (χ1) is 8.08. The van der Waals surface area contributed by atoms with E-state index in [-0.39, 0.29) is 24.6 Å². The Bertz CT molecular complexity index is 450. The molecule has 1 heterocycles. The van der Waals surface area contributed by atoms with Crippen molar-refractivity contribution in [1.82, 2.24) is 0 Å². The lowest BCUT2D eigenvalue weighted by atomic mass is 10.0. The molecule has 0 radical (unpaired) electrons. The fourth-order valence-corrected chi connectivity index (χ4v) is 1.72. The number of rotatable bonds is 1. The van der Waals surface area contributed by atoms with E-state index < -0.39 is 18.0 Å². The smallest absolute Gasteiger partial charge is 0.150 e. The van der Waals surface area contributed by atoms with Crippen LogP contribution in [0.25, 0.3) is 0 Å². The molecule has 0 amide bonds. The Hall–Kier alpha value is -1.69. The summed E-state index contributed by atoms with van der Waals surface area (Å²) in [6.45, 7) is -0.107. The fraction of sp³-hybridized carbons (Fsp3) is 0.364. The highest BCUT2D eigenvalue weighted by atomic mass is 19.1. The molecule has 0 spiro atoms. The van der Waals surface area contributed by atoms with E-state index in [0.29, 0.717) is 5.69 Å². The summed E-state index contributed by atoms with van der Waals surface area (Å²) in [6.07, 6.45) is -1.44. The van der Waals surface area contributed by atoms with E-state index in [1.165, 1.54) is 18.2 Å². The van der Waals surface area contributed by atoms with Crippen LogP contribution in [0.3, 0.4) is 0 Å². The molecule has 2 atom stereocenters. The average molecular weight is 241 g/mol. The molecule has 0 aliphatic carbocycles. The van der Waals surface area contributed by atoms with Gasteiger partial charge in [-0.1, -0.05) is 0 Å². The normalized spacial score (nSPS) is 25.2. The lowest BCUT2D eigenvalue weighted by molar-refractivity contribution is 0.101. The van der Waals surface area contributed by atoms with Crippen LogP contribution in [0.15, 0.2) is 23.2 Å². The molecular weight excluding hydrogens is 228 g/mol. The predicted octanol–water partition coefficient (Wildman–Crippen LogP) is 1.17. The monoisotopic (exact) mass is 241 g/mol. The summed E-state index contributed by atoms with van der Waals surface area (Å²) in [6, 6.07) is 2.97. The van der Waals surface area contributed by atoms with E-state index in [1.807, 2.05) is 0 Å². The molecular formula is C11H13F2N3O. The van der Waals surface area contributed by atoms with Crippen LogP contribution in [0.5, 0.6) is 0 Å². The van der Waals surface area contributed by atoms with Gasteiger partial charge in [0, 0.05) is 11.3 Å². The highest BCUT2D eigenvalue weighted by Gasteiger charge is 2.28. The zero-order valence-corrected chi connectivity index (χ0v) is 9.07. The SMILES string of the molecule is NC1=N[C@H](c2cc(N)ccc2F)C(F)COC1. The minimum absolute atomic E-state index is 0.0564. The first-order valence-electron chi connectivity index (χ1n) is 5.17. The van der Waals surface area contributed by atoms with Gasteiger partial charge in [-0.2, -0.15) is 0 Å². The topological polar surface area (TPSA) is 73.6 Å². The van der Waals surface area contributed by atoms with Crippen LogP contribution in [0.2, 0.25) is 0 Å². The summed E-state index contributed by atoms with van der Waals surface area (Å²) >= 11 is 0. The fourth-order valence-electron chi connectivity index (χ4n) is 1.72. The molecule has 6 heteroatoms. The lowest BCUT2D eigenvalue weighted by Gasteiger charge is -2.16. The maximum absolute atomic E-state index is 13.8. The molecule has 0 saturated heterocycles. The van der Waals surface area contributed by atoms with Crippen molar-refractivity contribution in [3.05, 3.63) is 29.6 Å². The second-order valence-electron chi connectivity index (χ2n) is 3.88. The molecule has 1 unspecified atom stereocenters. The van der Waals surface area contributed by atoms with Crippen molar-refractivity contribution in [2.45, 2.75) is 12.2 Å². The van der Waals surface area contributed by atoms with Crippen LogP contribution >= 0.6 is 0 Å². The third-order valence-corrected chi connectivity index (χ3v) is 2.51. The predicted molar refractivity (Wildman–Crippen MR) is 60.9 cm³/mol. The van der Waals surface area contributed by atoms with Gasteiger partial charge in [0.05, 0.1) is 6.61 Å². The zero-order valence-electron chi connectivity index (χ0n) is 9.07. The molecule has 2 rings (SSSR count). The minimum atomic E-state index is -1.44. The lowest BCUT2D eigenvalue weighted by Crippen LogP contribution is -2.18. The third-order valence-electron chi connectivity index (χ3n) is 2.51. The van der Waals surface area contributed by atoms with Crippen molar-refractivity contribution in [2.24, 2.45) is 10.7 Å². The maximum atomic E-state index is 13.8. The average Bonchev–Trinajstić information content (AvgIpc) is 2.44. The standard InChI is InChI=1S/C11H13F2N3O/c12-8-2-1-6(14)3-7(8)11-9(13)4-17-5-10(15)16-11/h1-3,9,11H,4-5,14H2,(H2,15,16)/t9?,11-/m1/s1. The van der Waals surface area contributed by atoms with Gasteiger partial charge in [0.2, 0.25) is 0 Å². The van der Waals surface area contributed by atoms with E-state index in [9.17, 15) is 8.78 Å². The number of amidine groups is 1. The van der Waals surface area contributed by atoms with Gasteiger partial charge in [-0.15, -0.1) is 0 Å². The summed E-state index contributed by atoms with van der Waals surface area (Å²) in [5.41, 5.74) is 11.5. The van der Waals surface area contributed by atoms with E-state index in [2.05, 4.69) is 4.99 Å². The molecule has 17 heavy (non-hydrogen) atoms. The van der Waals surface area contributed by atoms with Crippen molar-refractivity contribution >= 4 is 11.5 Å². The molecule has 4 N–H and O–H groups in total. The molecule has 0 aromatic heterocycles. The Morgan fingerprint density at radius 2 is 2.12 bits per heavy atom. The number of alkyl halides is 1. The molecule has 4 nitrogen and oxygen atoms in total. The second-order valence-corrected chi connectivity index (χ2v) is 3.88. The van der Waals surface area contributed by atoms with Crippen molar-refractivity contribution < 1.29 is 13.5 Å². The van der Waals surface area contributed by atoms with Crippen molar-refractivity contribution in [3.63, 3.8) is 0 Å². The van der Waals surface area contributed by atoms with Gasteiger partial charge in [-0.05, 0) is 18.2 Å². The number of nitrogen functional groups attached to an aromatic ring is 1. The first-order valence-corrected chi connectivity index (χ1v) is 5.17. The molecule has 1 aromatic carbocycles. The van der Waals surface area contributed by atoms with Gasteiger partial charge in [0.15, 0.2) is 0 Å². The number of halogens is 2.